The van der Waals surface area contributed by atoms with Gasteiger partial charge in [0.25, 0.3) is 5.89 Å². The quantitative estimate of drug-likeness (QED) is 0.794. The molecule has 3 rings (SSSR count). The highest BCUT2D eigenvalue weighted by Gasteiger charge is 2.13. The van der Waals surface area contributed by atoms with Crippen LogP contribution in [-0.2, 0) is 6.42 Å². The van der Waals surface area contributed by atoms with Gasteiger partial charge in [-0.15, -0.1) is 11.3 Å². The van der Waals surface area contributed by atoms with Crippen LogP contribution in [0.4, 0.5) is 5.69 Å². The molecule has 0 spiro atoms. The van der Waals surface area contributed by atoms with Crippen molar-refractivity contribution in [1.82, 2.24) is 10.1 Å². The number of thiophene rings is 1. The Morgan fingerprint density at radius 3 is 2.84 bits per heavy atom. The Bertz CT molecular complexity index is 702. The number of benzene rings is 1. The van der Waals surface area contributed by atoms with E-state index in [0.717, 1.165) is 4.88 Å². The van der Waals surface area contributed by atoms with Crippen LogP contribution in [0.1, 0.15) is 17.0 Å². The highest BCUT2D eigenvalue weighted by Crippen LogP contribution is 2.30. The van der Waals surface area contributed by atoms with Gasteiger partial charge in [0.05, 0.1) is 5.69 Å². The zero-order valence-corrected chi connectivity index (χ0v) is 11.3. The van der Waals surface area contributed by atoms with E-state index in [1.165, 1.54) is 22.5 Å². The summed E-state index contributed by atoms with van der Waals surface area (Å²) in [4.78, 5) is 5.24. The lowest BCUT2D eigenvalue weighted by atomic mass is 10.1. The summed E-state index contributed by atoms with van der Waals surface area (Å²) in [6.07, 6.45) is 0.668. The van der Waals surface area contributed by atoms with Gasteiger partial charge in [-0.1, -0.05) is 29.4 Å². The smallest absolute Gasteiger partial charge is 0.270 e. The molecule has 96 valence electrons. The van der Waals surface area contributed by atoms with E-state index in [9.17, 15) is 0 Å². The Morgan fingerprint density at radius 2 is 2.11 bits per heavy atom. The monoisotopic (exact) mass is 271 g/mol. The van der Waals surface area contributed by atoms with Gasteiger partial charge in [-0.05, 0) is 29.5 Å². The second-order valence-electron chi connectivity index (χ2n) is 4.32. The summed E-state index contributed by atoms with van der Waals surface area (Å²) in [7, 11) is 0. The maximum absolute atomic E-state index is 5.84. The molecule has 19 heavy (non-hydrogen) atoms. The Kier molecular flexibility index (Phi) is 3.05. The predicted molar refractivity (Wildman–Crippen MR) is 76.0 cm³/mol. The van der Waals surface area contributed by atoms with E-state index in [0.29, 0.717) is 23.8 Å². The van der Waals surface area contributed by atoms with Crippen molar-refractivity contribution in [2.45, 2.75) is 13.3 Å². The van der Waals surface area contributed by atoms with E-state index in [2.05, 4.69) is 29.2 Å². The largest absolute Gasteiger partial charge is 0.397 e. The minimum atomic E-state index is 0.496. The highest BCUT2D eigenvalue weighted by atomic mass is 32.1. The summed E-state index contributed by atoms with van der Waals surface area (Å²) >= 11 is 1.50. The molecule has 1 aromatic carbocycles. The van der Waals surface area contributed by atoms with Crippen molar-refractivity contribution >= 4 is 17.0 Å². The van der Waals surface area contributed by atoms with Crippen LogP contribution in [0.2, 0.25) is 0 Å². The van der Waals surface area contributed by atoms with Crippen molar-refractivity contribution in [3.63, 3.8) is 0 Å². The third-order valence-electron chi connectivity index (χ3n) is 2.97. The Labute approximate surface area is 114 Å². The van der Waals surface area contributed by atoms with Crippen LogP contribution in [0.15, 0.2) is 40.2 Å². The Morgan fingerprint density at radius 1 is 1.26 bits per heavy atom. The SMILES string of the molecule is Cc1ccccc1Cc1noc(-c2sccc2N)n1. The molecule has 0 amide bonds. The van der Waals surface area contributed by atoms with Crippen molar-refractivity contribution in [3.05, 3.63) is 52.7 Å². The minimum Gasteiger partial charge on any atom is -0.397 e. The van der Waals surface area contributed by atoms with Crippen LogP contribution in [0.5, 0.6) is 0 Å². The number of nitrogens with zero attached hydrogens (tertiary/aromatic N) is 2. The summed E-state index contributed by atoms with van der Waals surface area (Å²) < 4.78 is 5.27. The van der Waals surface area contributed by atoms with Crippen LogP contribution in [0.3, 0.4) is 0 Å². The van der Waals surface area contributed by atoms with E-state index in [1.54, 1.807) is 0 Å². The topological polar surface area (TPSA) is 64.9 Å². The van der Waals surface area contributed by atoms with E-state index in [-0.39, 0.29) is 0 Å². The lowest BCUT2D eigenvalue weighted by Crippen LogP contribution is -1.93. The van der Waals surface area contributed by atoms with E-state index >= 15 is 0 Å². The van der Waals surface area contributed by atoms with Crippen molar-refractivity contribution in [2.24, 2.45) is 0 Å². The lowest BCUT2D eigenvalue weighted by Gasteiger charge is -2.00. The van der Waals surface area contributed by atoms with Gasteiger partial charge >= 0.3 is 0 Å². The molecule has 5 heteroatoms. The average molecular weight is 271 g/mol. The fourth-order valence-electron chi connectivity index (χ4n) is 1.89. The van der Waals surface area contributed by atoms with Gasteiger partial charge in [0.15, 0.2) is 5.82 Å². The first-order valence-corrected chi connectivity index (χ1v) is 6.82. The van der Waals surface area contributed by atoms with Crippen molar-refractivity contribution in [1.29, 1.82) is 0 Å². The van der Waals surface area contributed by atoms with Crippen molar-refractivity contribution in [3.8, 4) is 10.8 Å². The fraction of sp³-hybridized carbons (Fsp3) is 0.143. The van der Waals surface area contributed by atoms with Gasteiger partial charge in [-0.25, -0.2) is 0 Å². The molecule has 0 aliphatic heterocycles. The minimum absolute atomic E-state index is 0.496. The Balaban J connectivity index is 1.87. The predicted octanol–water partition coefficient (Wildman–Crippen LogP) is 3.28. The molecular formula is C14H13N3OS. The molecule has 0 aliphatic carbocycles. The van der Waals surface area contributed by atoms with E-state index in [1.807, 2.05) is 23.6 Å². The molecule has 2 aromatic heterocycles. The number of anilines is 1. The molecule has 2 N–H and O–H groups in total. The van der Waals surface area contributed by atoms with Crippen molar-refractivity contribution in [2.75, 3.05) is 5.73 Å². The highest BCUT2D eigenvalue weighted by molar-refractivity contribution is 7.14. The van der Waals surface area contributed by atoms with E-state index in [4.69, 9.17) is 10.3 Å². The molecule has 0 saturated heterocycles. The molecule has 4 nitrogen and oxygen atoms in total. The number of hydrogen-bond acceptors (Lipinski definition) is 5. The maximum Gasteiger partial charge on any atom is 0.270 e. The van der Waals surface area contributed by atoms with Crippen LogP contribution in [0, 0.1) is 6.92 Å². The van der Waals surface area contributed by atoms with Gasteiger partial charge in [0.2, 0.25) is 0 Å². The van der Waals surface area contributed by atoms with E-state index < -0.39 is 0 Å². The standard InChI is InChI=1S/C14H13N3OS/c1-9-4-2-3-5-10(9)8-12-16-14(18-17-12)13-11(15)6-7-19-13/h2-7H,8,15H2,1H3. The summed E-state index contributed by atoms with van der Waals surface area (Å²) in [5.74, 6) is 1.17. The second kappa shape index (κ2) is 4.85. The lowest BCUT2D eigenvalue weighted by molar-refractivity contribution is 0.425. The van der Waals surface area contributed by atoms with Crippen LogP contribution in [-0.4, -0.2) is 10.1 Å². The van der Waals surface area contributed by atoms with Gasteiger partial charge in [0.1, 0.15) is 4.88 Å². The zero-order chi connectivity index (χ0) is 13.2. The normalized spacial score (nSPS) is 10.8. The summed E-state index contributed by atoms with van der Waals surface area (Å²) in [6.45, 7) is 2.08. The molecule has 0 fully saturated rings. The molecule has 0 bridgehead atoms. The molecule has 0 atom stereocenters. The van der Waals surface area contributed by atoms with Gasteiger partial charge in [0, 0.05) is 6.42 Å². The summed E-state index contributed by atoms with van der Waals surface area (Å²) in [5, 5.41) is 5.93. The first-order chi connectivity index (χ1) is 9.24. The average Bonchev–Trinajstić information content (AvgIpc) is 3.01. The molecule has 0 unspecified atom stereocenters. The van der Waals surface area contributed by atoms with Gasteiger partial charge in [-0.2, -0.15) is 4.98 Å². The number of nitrogens with two attached hydrogens (primary N) is 1. The zero-order valence-electron chi connectivity index (χ0n) is 10.5. The molecule has 0 aliphatic rings. The summed E-state index contributed by atoms with van der Waals surface area (Å²) in [6, 6.07) is 10.0. The number of hydrogen-bond donors (Lipinski definition) is 1. The number of nitrogen functional groups attached to an aromatic ring is 1. The van der Waals surface area contributed by atoms with Crippen LogP contribution >= 0.6 is 11.3 Å². The molecule has 2 heterocycles. The van der Waals surface area contributed by atoms with Crippen molar-refractivity contribution < 1.29 is 4.52 Å². The number of aryl methyl sites for hydroxylation is 1. The number of aromatic nitrogens is 2. The first kappa shape index (κ1) is 11.9. The third-order valence-corrected chi connectivity index (χ3v) is 3.89. The van der Waals surface area contributed by atoms with Crippen LogP contribution < -0.4 is 5.73 Å². The molecular weight excluding hydrogens is 258 g/mol. The molecule has 0 saturated carbocycles. The fourth-order valence-corrected chi connectivity index (χ4v) is 2.63. The maximum atomic E-state index is 5.84. The van der Waals surface area contributed by atoms with Crippen LogP contribution in [0.25, 0.3) is 10.8 Å². The Hall–Kier alpha value is -2.14. The summed E-state index contributed by atoms with van der Waals surface area (Å²) in [5.41, 5.74) is 8.95. The third kappa shape index (κ3) is 2.37. The second-order valence-corrected chi connectivity index (χ2v) is 5.24. The van der Waals surface area contributed by atoms with Gasteiger partial charge in [-0.3, -0.25) is 0 Å². The first-order valence-electron chi connectivity index (χ1n) is 5.94. The molecule has 3 aromatic rings. The number of rotatable bonds is 3. The van der Waals surface area contributed by atoms with Gasteiger partial charge < -0.3 is 10.3 Å². The molecule has 0 radical (unpaired) electrons.